The van der Waals surface area contributed by atoms with Crippen molar-refractivity contribution in [3.05, 3.63) is 0 Å². The first-order valence-electron chi connectivity index (χ1n) is 13.6. The Labute approximate surface area is 208 Å². The molecule has 0 rings (SSSR count). The maximum Gasteiger partial charge on any atom is 0.178 e. The quantitative estimate of drug-likeness (QED) is 0.116. The van der Waals surface area contributed by atoms with Crippen LogP contribution in [0.15, 0.2) is 0 Å². The lowest BCUT2D eigenvalue weighted by molar-refractivity contribution is -0.148. The molecule has 0 aromatic carbocycles. The lowest BCUT2D eigenvalue weighted by Gasteiger charge is -2.12. The number of aliphatic hydroxyl groups excluding tert-OH is 1. The Hall–Kier alpha value is -0.320. The fourth-order valence-corrected chi connectivity index (χ4v) is 3.19. The van der Waals surface area contributed by atoms with Crippen LogP contribution in [0.25, 0.3) is 0 Å². The second-order valence-corrected chi connectivity index (χ2v) is 8.23. The molecule has 0 aromatic rings. The van der Waals surface area contributed by atoms with Crippen molar-refractivity contribution >= 4 is 0 Å². The van der Waals surface area contributed by atoms with Gasteiger partial charge in [-0.1, -0.05) is 64.7 Å². The predicted octanol–water partition coefficient (Wildman–Crippen LogP) is 4.36. The Balaban J connectivity index is 3.06. The first kappa shape index (κ1) is 33.7. The average molecular weight is 495 g/mol. The Kier molecular flexibility index (Phi) is 30.4. The summed E-state index contributed by atoms with van der Waals surface area (Å²) in [5.41, 5.74) is 0. The van der Waals surface area contributed by atoms with Crippen molar-refractivity contribution in [3.63, 3.8) is 0 Å². The molecule has 0 saturated carbocycles. The van der Waals surface area contributed by atoms with Crippen molar-refractivity contribution in [2.24, 2.45) is 0 Å². The number of hydrogen-bond donors (Lipinski definition) is 1. The molecule has 1 N–H and O–H groups in total. The second kappa shape index (κ2) is 30.7. The first-order valence-corrected chi connectivity index (χ1v) is 13.6. The molecule has 0 spiro atoms. The molecule has 0 aromatic heterocycles. The molecule has 0 radical (unpaired) electrons. The molecule has 206 valence electrons. The maximum atomic E-state index is 9.54. The largest absolute Gasteiger partial charge is 0.379 e. The third-order valence-corrected chi connectivity index (χ3v) is 5.13. The van der Waals surface area contributed by atoms with Gasteiger partial charge in [-0.2, -0.15) is 0 Å². The van der Waals surface area contributed by atoms with Gasteiger partial charge in [-0.05, 0) is 13.3 Å². The van der Waals surface area contributed by atoms with Gasteiger partial charge in [0.15, 0.2) is 6.29 Å². The zero-order chi connectivity index (χ0) is 24.8. The third-order valence-electron chi connectivity index (χ3n) is 5.13. The third kappa shape index (κ3) is 29.7. The van der Waals surface area contributed by atoms with E-state index in [-0.39, 0.29) is 6.61 Å². The van der Waals surface area contributed by atoms with E-state index in [0.29, 0.717) is 72.7 Å². The summed E-state index contributed by atoms with van der Waals surface area (Å²) in [5, 5.41) is 9.54. The molecule has 0 aliphatic carbocycles. The Bertz CT molecular complexity index is 360. The summed E-state index contributed by atoms with van der Waals surface area (Å²) in [6, 6.07) is 0. The Morgan fingerprint density at radius 1 is 0.441 bits per heavy atom. The van der Waals surface area contributed by atoms with Gasteiger partial charge in [0, 0.05) is 13.2 Å². The number of aliphatic hydroxyl groups is 1. The van der Waals surface area contributed by atoms with Crippen molar-refractivity contribution < 1.29 is 38.3 Å². The average Bonchev–Trinajstić information content (AvgIpc) is 2.84. The van der Waals surface area contributed by atoms with Crippen molar-refractivity contribution in [2.75, 3.05) is 85.9 Å². The molecule has 1 atom stereocenters. The van der Waals surface area contributed by atoms with Gasteiger partial charge in [-0.3, -0.25) is 0 Å². The van der Waals surface area contributed by atoms with E-state index < -0.39 is 6.29 Å². The highest BCUT2D eigenvalue weighted by molar-refractivity contribution is 4.47. The molecule has 0 amide bonds. The summed E-state index contributed by atoms with van der Waals surface area (Å²) >= 11 is 0. The molecule has 34 heavy (non-hydrogen) atoms. The fourth-order valence-electron chi connectivity index (χ4n) is 3.19. The summed E-state index contributed by atoms with van der Waals surface area (Å²) in [7, 11) is 0. The molecule has 8 nitrogen and oxygen atoms in total. The highest BCUT2D eigenvalue weighted by Crippen LogP contribution is 2.10. The van der Waals surface area contributed by atoms with Crippen molar-refractivity contribution in [1.29, 1.82) is 0 Å². The SMILES string of the molecule is CCCCCCCCCCCCOCCOCCOCCOCCOCC(O)OCCOCC. The van der Waals surface area contributed by atoms with Crippen LogP contribution >= 0.6 is 0 Å². The van der Waals surface area contributed by atoms with Gasteiger partial charge in [0.1, 0.15) is 0 Å². The van der Waals surface area contributed by atoms with Gasteiger partial charge in [0.05, 0.1) is 72.7 Å². The minimum Gasteiger partial charge on any atom is -0.379 e. The van der Waals surface area contributed by atoms with Gasteiger partial charge in [-0.15, -0.1) is 0 Å². The summed E-state index contributed by atoms with van der Waals surface area (Å²) in [6.07, 6.45) is 12.5. The Morgan fingerprint density at radius 2 is 0.853 bits per heavy atom. The van der Waals surface area contributed by atoms with E-state index in [0.717, 1.165) is 13.0 Å². The van der Waals surface area contributed by atoms with Crippen LogP contribution in [0.1, 0.15) is 78.1 Å². The standard InChI is InChI=1S/C26H54O8/c1-3-5-6-7-8-9-10-11-12-13-14-29-15-16-30-17-18-31-19-20-32-21-22-33-25-26(27)34-24-23-28-4-2/h26-27H,3-25H2,1-2H3. The van der Waals surface area contributed by atoms with E-state index in [1.54, 1.807) is 0 Å². The van der Waals surface area contributed by atoms with Crippen LogP contribution in [-0.2, 0) is 33.2 Å². The minimum atomic E-state index is -0.936. The first-order chi connectivity index (χ1) is 16.8. The molecule has 0 saturated heterocycles. The molecular weight excluding hydrogens is 440 g/mol. The van der Waals surface area contributed by atoms with Gasteiger partial charge in [0.25, 0.3) is 0 Å². The lowest BCUT2D eigenvalue weighted by Crippen LogP contribution is -2.22. The number of ether oxygens (including phenoxy) is 7. The molecule has 0 aliphatic heterocycles. The predicted molar refractivity (Wildman–Crippen MR) is 134 cm³/mol. The molecular formula is C26H54O8. The molecule has 0 fully saturated rings. The van der Waals surface area contributed by atoms with Gasteiger partial charge in [0.2, 0.25) is 0 Å². The fraction of sp³-hybridized carbons (Fsp3) is 1.00. The second-order valence-electron chi connectivity index (χ2n) is 8.23. The van der Waals surface area contributed by atoms with Crippen LogP contribution < -0.4 is 0 Å². The van der Waals surface area contributed by atoms with E-state index >= 15 is 0 Å². The number of rotatable bonds is 30. The minimum absolute atomic E-state index is 0.117. The summed E-state index contributed by atoms with van der Waals surface area (Å²) < 4.78 is 37.5. The zero-order valence-corrected chi connectivity index (χ0v) is 22.1. The van der Waals surface area contributed by atoms with Crippen LogP contribution in [0.5, 0.6) is 0 Å². The lowest BCUT2D eigenvalue weighted by atomic mass is 10.1. The monoisotopic (exact) mass is 494 g/mol. The van der Waals surface area contributed by atoms with E-state index in [4.69, 9.17) is 33.2 Å². The van der Waals surface area contributed by atoms with Crippen molar-refractivity contribution in [2.45, 2.75) is 84.3 Å². The highest BCUT2D eigenvalue weighted by Gasteiger charge is 2.03. The number of hydrogen-bond acceptors (Lipinski definition) is 8. The summed E-state index contributed by atoms with van der Waals surface area (Å²) in [5.74, 6) is 0. The van der Waals surface area contributed by atoms with Crippen LogP contribution in [0, 0.1) is 0 Å². The molecule has 0 bridgehead atoms. The molecule has 0 heterocycles. The van der Waals surface area contributed by atoms with Crippen LogP contribution in [0.2, 0.25) is 0 Å². The van der Waals surface area contributed by atoms with Gasteiger partial charge in [-0.25, -0.2) is 0 Å². The van der Waals surface area contributed by atoms with Crippen LogP contribution in [0.3, 0.4) is 0 Å². The van der Waals surface area contributed by atoms with Crippen LogP contribution in [0.4, 0.5) is 0 Å². The summed E-state index contributed by atoms with van der Waals surface area (Å²) in [6.45, 7) is 10.8. The molecule has 0 aliphatic rings. The van der Waals surface area contributed by atoms with E-state index in [9.17, 15) is 5.11 Å². The maximum absolute atomic E-state index is 9.54. The Morgan fingerprint density at radius 3 is 1.35 bits per heavy atom. The van der Waals surface area contributed by atoms with Crippen LogP contribution in [-0.4, -0.2) is 97.3 Å². The number of unbranched alkanes of at least 4 members (excludes halogenated alkanes) is 9. The zero-order valence-electron chi connectivity index (χ0n) is 22.1. The smallest absolute Gasteiger partial charge is 0.178 e. The summed E-state index contributed by atoms with van der Waals surface area (Å²) in [4.78, 5) is 0. The van der Waals surface area contributed by atoms with E-state index in [2.05, 4.69) is 6.92 Å². The van der Waals surface area contributed by atoms with Crippen molar-refractivity contribution in [1.82, 2.24) is 0 Å². The van der Waals surface area contributed by atoms with Gasteiger partial charge >= 0.3 is 0 Å². The normalized spacial score (nSPS) is 12.4. The molecule has 8 heteroatoms. The van der Waals surface area contributed by atoms with Crippen molar-refractivity contribution in [3.8, 4) is 0 Å². The highest BCUT2D eigenvalue weighted by atomic mass is 16.6. The van der Waals surface area contributed by atoms with E-state index in [1.807, 2.05) is 6.92 Å². The topological polar surface area (TPSA) is 84.8 Å². The van der Waals surface area contributed by atoms with Gasteiger partial charge < -0.3 is 38.3 Å². The molecule has 1 unspecified atom stereocenters. The van der Waals surface area contributed by atoms with E-state index in [1.165, 1.54) is 57.8 Å².